The Bertz CT molecular complexity index is 453. The van der Waals surface area contributed by atoms with E-state index in [0.29, 0.717) is 15.2 Å². The summed E-state index contributed by atoms with van der Waals surface area (Å²) in [6.45, 7) is 4.12. The third-order valence-corrected chi connectivity index (χ3v) is 6.61. The first-order valence-corrected chi connectivity index (χ1v) is 7.91. The van der Waals surface area contributed by atoms with E-state index >= 15 is 0 Å². The largest absolute Gasteiger partial charge is 0.253 e. The highest BCUT2D eigenvalue weighted by Gasteiger charge is 2.23. The van der Waals surface area contributed by atoms with Crippen LogP contribution in [0.15, 0.2) is 32.8 Å². The summed E-state index contributed by atoms with van der Waals surface area (Å²) in [6, 6.07) is 1.75. The maximum Gasteiger partial charge on any atom is 0.253 e. The van der Waals surface area contributed by atoms with Crippen molar-refractivity contribution in [2.75, 3.05) is 13.6 Å². The standard InChI is InChI=1S/C10H14BrNO2S2/c1-3-4-5-7-12(2)16(13,14)10-9(11)6-8-15-10/h3,6,8H,1,4-5,7H2,2H3. The molecule has 0 unspecified atom stereocenters. The lowest BCUT2D eigenvalue weighted by molar-refractivity contribution is 0.464. The first-order chi connectivity index (χ1) is 7.50. The van der Waals surface area contributed by atoms with E-state index in [1.54, 1.807) is 24.6 Å². The first kappa shape index (κ1) is 13.9. The Morgan fingerprint density at radius 3 is 2.81 bits per heavy atom. The van der Waals surface area contributed by atoms with Gasteiger partial charge in [0.25, 0.3) is 10.0 Å². The van der Waals surface area contributed by atoms with Gasteiger partial charge < -0.3 is 0 Å². The highest BCUT2D eigenvalue weighted by molar-refractivity contribution is 9.10. The van der Waals surface area contributed by atoms with Gasteiger partial charge in [0.1, 0.15) is 4.21 Å². The minimum atomic E-state index is -3.34. The van der Waals surface area contributed by atoms with Crippen LogP contribution >= 0.6 is 27.3 Å². The van der Waals surface area contributed by atoms with Crippen LogP contribution in [0, 0.1) is 0 Å². The molecule has 0 fully saturated rings. The summed E-state index contributed by atoms with van der Waals surface area (Å²) in [5, 5.41) is 1.76. The van der Waals surface area contributed by atoms with Crippen molar-refractivity contribution in [3.8, 4) is 0 Å². The summed E-state index contributed by atoms with van der Waals surface area (Å²) >= 11 is 4.47. The molecule has 3 nitrogen and oxygen atoms in total. The van der Waals surface area contributed by atoms with E-state index in [1.165, 1.54) is 15.6 Å². The van der Waals surface area contributed by atoms with E-state index < -0.39 is 10.0 Å². The van der Waals surface area contributed by atoms with Crippen molar-refractivity contribution in [1.82, 2.24) is 4.31 Å². The molecule has 1 heterocycles. The van der Waals surface area contributed by atoms with Crippen molar-refractivity contribution in [3.05, 3.63) is 28.6 Å². The predicted octanol–water partition coefficient (Wildman–Crippen LogP) is 3.10. The molecule has 6 heteroatoms. The highest BCUT2D eigenvalue weighted by Crippen LogP contribution is 2.29. The molecule has 0 spiro atoms. The Kier molecular flexibility index (Phi) is 5.17. The fourth-order valence-electron chi connectivity index (χ4n) is 1.18. The van der Waals surface area contributed by atoms with Crippen LogP contribution in [0.4, 0.5) is 0 Å². The third kappa shape index (κ3) is 3.16. The number of allylic oxidation sites excluding steroid dienone is 1. The average Bonchev–Trinajstić information content (AvgIpc) is 2.65. The van der Waals surface area contributed by atoms with E-state index in [1.807, 2.05) is 0 Å². The lowest BCUT2D eigenvalue weighted by Gasteiger charge is -2.15. The molecule has 0 N–H and O–H groups in total. The lowest BCUT2D eigenvalue weighted by atomic mass is 10.3. The second kappa shape index (κ2) is 5.95. The maximum atomic E-state index is 12.1. The van der Waals surface area contributed by atoms with Crippen molar-refractivity contribution in [2.45, 2.75) is 17.1 Å². The summed E-state index contributed by atoms with van der Waals surface area (Å²) in [6.07, 6.45) is 3.41. The van der Waals surface area contributed by atoms with Crippen LogP contribution in [-0.4, -0.2) is 26.3 Å². The number of nitrogens with zero attached hydrogens (tertiary/aromatic N) is 1. The van der Waals surface area contributed by atoms with E-state index in [-0.39, 0.29) is 0 Å². The van der Waals surface area contributed by atoms with E-state index in [4.69, 9.17) is 0 Å². The first-order valence-electron chi connectivity index (χ1n) is 4.80. The highest BCUT2D eigenvalue weighted by atomic mass is 79.9. The number of hydrogen-bond acceptors (Lipinski definition) is 3. The minimum Gasteiger partial charge on any atom is -0.206 e. The number of thiophene rings is 1. The second-order valence-electron chi connectivity index (χ2n) is 3.31. The molecular formula is C10H14BrNO2S2. The van der Waals surface area contributed by atoms with Gasteiger partial charge in [0.2, 0.25) is 0 Å². The van der Waals surface area contributed by atoms with Crippen LogP contribution in [0.25, 0.3) is 0 Å². The van der Waals surface area contributed by atoms with Crippen LogP contribution in [0.1, 0.15) is 12.8 Å². The molecule has 0 amide bonds. The lowest BCUT2D eigenvalue weighted by Crippen LogP contribution is -2.27. The maximum absolute atomic E-state index is 12.1. The van der Waals surface area contributed by atoms with Crippen LogP contribution in [0.2, 0.25) is 0 Å². The van der Waals surface area contributed by atoms with E-state index in [2.05, 4.69) is 22.5 Å². The van der Waals surface area contributed by atoms with Crippen LogP contribution in [-0.2, 0) is 10.0 Å². The van der Waals surface area contributed by atoms with Gasteiger partial charge in [-0.3, -0.25) is 0 Å². The Hall–Kier alpha value is -0.170. The molecule has 1 rings (SSSR count). The summed E-state index contributed by atoms with van der Waals surface area (Å²) in [5.74, 6) is 0. The molecule has 0 saturated heterocycles. The number of halogens is 1. The third-order valence-electron chi connectivity index (χ3n) is 2.11. The van der Waals surface area contributed by atoms with Gasteiger partial charge in [-0.15, -0.1) is 17.9 Å². The van der Waals surface area contributed by atoms with Gasteiger partial charge >= 0.3 is 0 Å². The minimum absolute atomic E-state index is 0.369. The summed E-state index contributed by atoms with van der Waals surface area (Å²) in [7, 11) is -1.73. The Labute approximate surface area is 109 Å². The zero-order valence-electron chi connectivity index (χ0n) is 9.02. The van der Waals surface area contributed by atoms with Gasteiger partial charge in [0.05, 0.1) is 0 Å². The Balaban J connectivity index is 2.78. The smallest absolute Gasteiger partial charge is 0.206 e. The zero-order valence-corrected chi connectivity index (χ0v) is 12.2. The van der Waals surface area contributed by atoms with E-state index in [9.17, 15) is 8.42 Å². The molecule has 16 heavy (non-hydrogen) atoms. The molecule has 0 radical (unpaired) electrons. The number of rotatable bonds is 6. The molecule has 0 aliphatic rings. The normalized spacial score (nSPS) is 11.9. The van der Waals surface area contributed by atoms with Gasteiger partial charge in [0.15, 0.2) is 0 Å². The predicted molar refractivity (Wildman–Crippen MR) is 71.3 cm³/mol. The zero-order chi connectivity index (χ0) is 12.2. The second-order valence-corrected chi connectivity index (χ2v) is 7.32. The molecule has 1 aromatic heterocycles. The molecule has 0 aromatic carbocycles. The average molecular weight is 324 g/mol. The monoisotopic (exact) mass is 323 g/mol. The quantitative estimate of drug-likeness (QED) is 0.596. The van der Waals surface area contributed by atoms with Crippen molar-refractivity contribution >= 4 is 37.3 Å². The van der Waals surface area contributed by atoms with E-state index in [0.717, 1.165) is 12.8 Å². The summed E-state index contributed by atoms with van der Waals surface area (Å²) < 4.78 is 26.6. The van der Waals surface area contributed by atoms with Crippen molar-refractivity contribution in [3.63, 3.8) is 0 Å². The number of sulfonamides is 1. The van der Waals surface area contributed by atoms with Crippen molar-refractivity contribution < 1.29 is 8.42 Å². The molecule has 90 valence electrons. The van der Waals surface area contributed by atoms with Crippen molar-refractivity contribution in [1.29, 1.82) is 0 Å². The fourth-order valence-corrected chi connectivity index (χ4v) is 4.90. The molecule has 0 aliphatic carbocycles. The molecule has 0 bridgehead atoms. The van der Waals surface area contributed by atoms with Gasteiger partial charge in [-0.2, -0.15) is 0 Å². The van der Waals surface area contributed by atoms with Crippen LogP contribution in [0.3, 0.4) is 0 Å². The molecule has 1 aromatic rings. The van der Waals surface area contributed by atoms with Gasteiger partial charge in [-0.05, 0) is 40.2 Å². The van der Waals surface area contributed by atoms with Gasteiger partial charge in [-0.1, -0.05) is 6.08 Å². The molecule has 0 atom stereocenters. The molecule has 0 aliphatic heterocycles. The molecule has 0 saturated carbocycles. The van der Waals surface area contributed by atoms with Gasteiger partial charge in [-0.25, -0.2) is 12.7 Å². The topological polar surface area (TPSA) is 37.4 Å². The Morgan fingerprint density at radius 1 is 1.62 bits per heavy atom. The number of hydrogen-bond donors (Lipinski definition) is 0. The van der Waals surface area contributed by atoms with Crippen LogP contribution < -0.4 is 0 Å². The number of unbranched alkanes of at least 4 members (excludes halogenated alkanes) is 1. The van der Waals surface area contributed by atoms with Gasteiger partial charge in [0, 0.05) is 18.1 Å². The fraction of sp³-hybridized carbons (Fsp3) is 0.400. The summed E-state index contributed by atoms with van der Waals surface area (Å²) in [5.41, 5.74) is 0. The summed E-state index contributed by atoms with van der Waals surface area (Å²) in [4.78, 5) is 0. The van der Waals surface area contributed by atoms with Crippen molar-refractivity contribution in [2.24, 2.45) is 0 Å². The Morgan fingerprint density at radius 2 is 2.31 bits per heavy atom. The SMILES string of the molecule is C=CCCCN(C)S(=O)(=O)c1sccc1Br. The van der Waals surface area contributed by atoms with Crippen LogP contribution in [0.5, 0.6) is 0 Å². The molecular weight excluding hydrogens is 310 g/mol.